The molecule has 1 heterocycles. The minimum Gasteiger partial charge on any atom is -0.381 e. The molecule has 1 unspecified atom stereocenters. The average Bonchev–Trinajstić information content (AvgIpc) is 2.74. The monoisotopic (exact) mass is 255 g/mol. The Morgan fingerprint density at radius 2 is 2.00 bits per heavy atom. The number of halogens is 2. The summed E-state index contributed by atoms with van der Waals surface area (Å²) >= 11 is 0. The summed E-state index contributed by atoms with van der Waals surface area (Å²) in [5.74, 6) is -1.02. The number of ether oxygens (including phenoxy) is 1. The fraction of sp³-hybridized carbons (Fsp3) is 0.571. The van der Waals surface area contributed by atoms with Gasteiger partial charge in [-0.3, -0.25) is 0 Å². The van der Waals surface area contributed by atoms with E-state index in [4.69, 9.17) is 4.74 Å². The molecule has 1 aromatic carbocycles. The highest BCUT2D eigenvalue weighted by Gasteiger charge is 2.34. The molecule has 1 saturated heterocycles. The van der Waals surface area contributed by atoms with Crippen LogP contribution < -0.4 is 5.32 Å². The summed E-state index contributed by atoms with van der Waals surface area (Å²) in [5, 5.41) is 3.31. The van der Waals surface area contributed by atoms with Crippen molar-refractivity contribution in [3.8, 4) is 0 Å². The van der Waals surface area contributed by atoms with E-state index in [9.17, 15) is 8.78 Å². The topological polar surface area (TPSA) is 21.3 Å². The molecule has 4 heteroatoms. The smallest absolute Gasteiger partial charge is 0.126 e. The Kier molecular flexibility index (Phi) is 4.30. The summed E-state index contributed by atoms with van der Waals surface area (Å²) in [6.07, 6.45) is 1.58. The first-order valence-corrected chi connectivity index (χ1v) is 6.37. The third-order valence-electron chi connectivity index (χ3n) is 3.44. The van der Waals surface area contributed by atoms with E-state index in [0.29, 0.717) is 18.6 Å². The zero-order chi connectivity index (χ0) is 13.0. The van der Waals surface area contributed by atoms with Gasteiger partial charge in [-0.05, 0) is 37.1 Å². The lowest BCUT2D eigenvalue weighted by Gasteiger charge is -2.27. The summed E-state index contributed by atoms with van der Waals surface area (Å²) in [5.41, 5.74) is 0.673. The highest BCUT2D eigenvalue weighted by Crippen LogP contribution is 2.32. The van der Waals surface area contributed by atoms with Gasteiger partial charge in [0, 0.05) is 24.6 Å². The zero-order valence-electron chi connectivity index (χ0n) is 10.6. The van der Waals surface area contributed by atoms with Crippen LogP contribution in [0, 0.1) is 17.0 Å². The molecule has 0 radical (unpaired) electrons. The van der Waals surface area contributed by atoms with Gasteiger partial charge in [-0.1, -0.05) is 6.92 Å². The van der Waals surface area contributed by atoms with Gasteiger partial charge in [0.2, 0.25) is 0 Å². The second-order valence-electron chi connectivity index (χ2n) is 5.04. The number of rotatable bonds is 5. The van der Waals surface area contributed by atoms with E-state index in [-0.39, 0.29) is 5.41 Å². The lowest BCUT2D eigenvalue weighted by Crippen LogP contribution is -2.36. The molecule has 2 nitrogen and oxygen atoms in total. The molecule has 1 fully saturated rings. The largest absolute Gasteiger partial charge is 0.381 e. The molecule has 100 valence electrons. The van der Waals surface area contributed by atoms with E-state index < -0.39 is 11.6 Å². The van der Waals surface area contributed by atoms with Crippen molar-refractivity contribution < 1.29 is 13.5 Å². The number of hydrogen-bond donors (Lipinski definition) is 1. The van der Waals surface area contributed by atoms with Crippen LogP contribution in [0.25, 0.3) is 0 Å². The van der Waals surface area contributed by atoms with E-state index >= 15 is 0 Å². The molecule has 18 heavy (non-hydrogen) atoms. The predicted octanol–water partition coefficient (Wildman–Crippen LogP) is 2.52. The van der Waals surface area contributed by atoms with Crippen molar-refractivity contribution in [2.45, 2.75) is 19.8 Å². The van der Waals surface area contributed by atoms with Crippen LogP contribution in [0.4, 0.5) is 8.78 Å². The van der Waals surface area contributed by atoms with Crippen LogP contribution in [-0.2, 0) is 11.2 Å². The standard InChI is InChI=1S/C14H19F2NO/c1-2-17-9-14(3-4-18-10-14)8-11-5-12(15)7-13(16)6-11/h5-7,17H,2-4,8-10H2,1H3. The van der Waals surface area contributed by atoms with Crippen LogP contribution in [0.2, 0.25) is 0 Å². The summed E-state index contributed by atoms with van der Waals surface area (Å²) in [4.78, 5) is 0. The van der Waals surface area contributed by atoms with E-state index in [1.54, 1.807) is 0 Å². The lowest BCUT2D eigenvalue weighted by molar-refractivity contribution is 0.149. The van der Waals surface area contributed by atoms with Crippen LogP contribution in [-0.4, -0.2) is 26.3 Å². The lowest BCUT2D eigenvalue weighted by atomic mass is 9.81. The predicted molar refractivity (Wildman–Crippen MR) is 66.5 cm³/mol. The molecule has 0 aliphatic carbocycles. The summed E-state index contributed by atoms with van der Waals surface area (Å²) < 4.78 is 31.8. The highest BCUT2D eigenvalue weighted by atomic mass is 19.1. The van der Waals surface area contributed by atoms with E-state index in [2.05, 4.69) is 5.32 Å². The van der Waals surface area contributed by atoms with Gasteiger partial charge in [0.05, 0.1) is 6.61 Å². The molecule has 1 atom stereocenters. The molecule has 0 bridgehead atoms. The van der Waals surface area contributed by atoms with Crippen LogP contribution >= 0.6 is 0 Å². The van der Waals surface area contributed by atoms with Crippen molar-refractivity contribution in [2.24, 2.45) is 5.41 Å². The Bertz CT molecular complexity index is 383. The first-order valence-electron chi connectivity index (χ1n) is 6.37. The quantitative estimate of drug-likeness (QED) is 0.873. The zero-order valence-corrected chi connectivity index (χ0v) is 10.6. The first-order chi connectivity index (χ1) is 8.63. The molecule has 1 aliphatic heterocycles. The van der Waals surface area contributed by atoms with Gasteiger partial charge in [0.25, 0.3) is 0 Å². The van der Waals surface area contributed by atoms with E-state index in [0.717, 1.165) is 32.2 Å². The minimum atomic E-state index is -0.512. The number of hydrogen-bond acceptors (Lipinski definition) is 2. The third kappa shape index (κ3) is 3.27. The van der Waals surface area contributed by atoms with Crippen molar-refractivity contribution in [2.75, 3.05) is 26.3 Å². The molecular weight excluding hydrogens is 236 g/mol. The highest BCUT2D eigenvalue weighted by molar-refractivity contribution is 5.20. The maximum atomic E-state index is 13.2. The maximum Gasteiger partial charge on any atom is 0.126 e. The first kappa shape index (κ1) is 13.4. The fourth-order valence-corrected chi connectivity index (χ4v) is 2.53. The van der Waals surface area contributed by atoms with Crippen molar-refractivity contribution in [3.63, 3.8) is 0 Å². The van der Waals surface area contributed by atoms with Crippen molar-refractivity contribution in [1.29, 1.82) is 0 Å². The summed E-state index contributed by atoms with van der Waals surface area (Å²) in [7, 11) is 0. The van der Waals surface area contributed by atoms with Gasteiger partial charge < -0.3 is 10.1 Å². The van der Waals surface area contributed by atoms with Crippen LogP contribution in [0.3, 0.4) is 0 Å². The molecule has 1 aromatic rings. The maximum absolute atomic E-state index is 13.2. The van der Waals surface area contributed by atoms with Gasteiger partial charge in [0.15, 0.2) is 0 Å². The van der Waals surface area contributed by atoms with Crippen LogP contribution in [0.1, 0.15) is 18.9 Å². The molecular formula is C14H19F2NO. The Hall–Kier alpha value is -1.00. The molecule has 1 aliphatic rings. The number of benzene rings is 1. The van der Waals surface area contributed by atoms with E-state index in [1.165, 1.54) is 12.1 Å². The number of nitrogens with one attached hydrogen (secondary N) is 1. The fourth-order valence-electron chi connectivity index (χ4n) is 2.53. The molecule has 0 amide bonds. The second kappa shape index (κ2) is 5.76. The molecule has 0 saturated carbocycles. The Morgan fingerprint density at radius 3 is 2.56 bits per heavy atom. The van der Waals surface area contributed by atoms with E-state index in [1.807, 2.05) is 6.92 Å². The Balaban J connectivity index is 2.12. The van der Waals surface area contributed by atoms with Gasteiger partial charge in [-0.15, -0.1) is 0 Å². The molecule has 1 N–H and O–H groups in total. The minimum absolute atomic E-state index is 0.0315. The van der Waals surface area contributed by atoms with Gasteiger partial charge >= 0.3 is 0 Å². The van der Waals surface area contributed by atoms with Gasteiger partial charge in [0.1, 0.15) is 11.6 Å². The molecule has 0 spiro atoms. The SMILES string of the molecule is CCNCC1(Cc2cc(F)cc(F)c2)CCOC1. The van der Waals surface area contributed by atoms with Crippen LogP contribution in [0.5, 0.6) is 0 Å². The van der Waals surface area contributed by atoms with Gasteiger partial charge in [-0.25, -0.2) is 8.78 Å². The average molecular weight is 255 g/mol. The summed E-state index contributed by atoms with van der Waals surface area (Å²) in [6, 6.07) is 3.73. The van der Waals surface area contributed by atoms with Crippen LogP contribution in [0.15, 0.2) is 18.2 Å². The third-order valence-corrected chi connectivity index (χ3v) is 3.44. The second-order valence-corrected chi connectivity index (χ2v) is 5.04. The van der Waals surface area contributed by atoms with Crippen molar-refractivity contribution in [3.05, 3.63) is 35.4 Å². The normalized spacial score (nSPS) is 23.5. The Labute approximate surface area is 106 Å². The molecule has 2 rings (SSSR count). The summed E-state index contributed by atoms with van der Waals surface area (Å²) in [6.45, 7) is 5.13. The van der Waals surface area contributed by atoms with Crippen molar-refractivity contribution >= 4 is 0 Å². The van der Waals surface area contributed by atoms with Gasteiger partial charge in [-0.2, -0.15) is 0 Å². The molecule has 0 aromatic heterocycles. The van der Waals surface area contributed by atoms with Crippen molar-refractivity contribution in [1.82, 2.24) is 5.32 Å². The Morgan fingerprint density at radius 1 is 1.28 bits per heavy atom.